The molecule has 0 aliphatic heterocycles. The molecule has 1 heteroatoms. The van der Waals surface area contributed by atoms with Crippen LogP contribution >= 0.6 is 0 Å². The van der Waals surface area contributed by atoms with Gasteiger partial charge in [0.15, 0.2) is 5.78 Å². The highest BCUT2D eigenvalue weighted by atomic mass is 16.1. The summed E-state index contributed by atoms with van der Waals surface area (Å²) in [5.41, 5.74) is 1.05. The zero-order valence-corrected chi connectivity index (χ0v) is 8.26. The Balaban J connectivity index is 2.53. The van der Waals surface area contributed by atoms with Crippen molar-refractivity contribution in [1.82, 2.24) is 0 Å². The van der Waals surface area contributed by atoms with Gasteiger partial charge in [0, 0.05) is 0 Å². The zero-order valence-electron chi connectivity index (χ0n) is 8.26. The van der Waals surface area contributed by atoms with E-state index in [9.17, 15) is 4.79 Å². The average Bonchev–Trinajstić information content (AvgIpc) is 2.04. The van der Waals surface area contributed by atoms with E-state index in [4.69, 9.17) is 0 Å². The maximum absolute atomic E-state index is 11.0. The smallest absolute Gasteiger partial charge is 0.155 e. The third-order valence-corrected chi connectivity index (χ3v) is 2.85. The van der Waals surface area contributed by atoms with Crippen LogP contribution in [0.2, 0.25) is 0 Å². The highest BCUT2D eigenvalue weighted by Crippen LogP contribution is 2.29. The van der Waals surface area contributed by atoms with Crippen molar-refractivity contribution < 1.29 is 4.79 Å². The van der Waals surface area contributed by atoms with Crippen molar-refractivity contribution in [3.8, 4) is 0 Å². The predicted molar refractivity (Wildman–Crippen MR) is 50.9 cm³/mol. The Bertz CT molecular complexity index is 201. The number of hydrogen-bond acceptors (Lipinski definition) is 1. The van der Waals surface area contributed by atoms with Gasteiger partial charge in [-0.05, 0) is 43.6 Å². The van der Waals surface area contributed by atoms with Gasteiger partial charge < -0.3 is 0 Å². The van der Waals surface area contributed by atoms with Gasteiger partial charge in [0.1, 0.15) is 0 Å². The van der Waals surface area contributed by atoms with Gasteiger partial charge in [-0.3, -0.25) is 4.79 Å². The minimum atomic E-state index is 0.261. The maximum atomic E-state index is 11.0. The van der Waals surface area contributed by atoms with Crippen molar-refractivity contribution in [2.24, 2.45) is 11.8 Å². The summed E-state index contributed by atoms with van der Waals surface area (Å²) in [7, 11) is 0. The zero-order chi connectivity index (χ0) is 9.14. The SMILES string of the molecule is CC(=O)C1=CC[C@@H](C(C)C)CC1. The van der Waals surface area contributed by atoms with E-state index in [1.54, 1.807) is 6.92 Å². The van der Waals surface area contributed by atoms with Crippen LogP contribution in [0.15, 0.2) is 11.6 Å². The Morgan fingerprint density at radius 3 is 2.58 bits per heavy atom. The number of allylic oxidation sites excluding steroid dienone is 2. The Morgan fingerprint density at radius 1 is 1.58 bits per heavy atom. The van der Waals surface area contributed by atoms with Gasteiger partial charge in [-0.15, -0.1) is 0 Å². The standard InChI is InChI=1S/C11H18O/c1-8(2)10-4-6-11(7-5-10)9(3)12/h6,8,10H,4-5,7H2,1-3H3/t10-/m1/s1. The van der Waals surface area contributed by atoms with Crippen molar-refractivity contribution >= 4 is 5.78 Å². The molecule has 0 bridgehead atoms. The molecule has 0 radical (unpaired) electrons. The molecule has 1 aliphatic rings. The molecule has 0 aromatic carbocycles. The molecule has 1 atom stereocenters. The summed E-state index contributed by atoms with van der Waals surface area (Å²) >= 11 is 0. The van der Waals surface area contributed by atoms with Crippen molar-refractivity contribution in [2.45, 2.75) is 40.0 Å². The summed E-state index contributed by atoms with van der Waals surface area (Å²) < 4.78 is 0. The Morgan fingerprint density at radius 2 is 2.25 bits per heavy atom. The fourth-order valence-corrected chi connectivity index (χ4v) is 1.78. The van der Waals surface area contributed by atoms with Gasteiger partial charge in [-0.1, -0.05) is 19.9 Å². The van der Waals surface area contributed by atoms with Crippen LogP contribution in [0.5, 0.6) is 0 Å². The molecule has 0 unspecified atom stereocenters. The van der Waals surface area contributed by atoms with Gasteiger partial charge in [0.2, 0.25) is 0 Å². The number of hydrogen-bond donors (Lipinski definition) is 0. The van der Waals surface area contributed by atoms with E-state index in [0.717, 1.165) is 30.3 Å². The Hall–Kier alpha value is -0.590. The van der Waals surface area contributed by atoms with Gasteiger partial charge in [0.25, 0.3) is 0 Å². The summed E-state index contributed by atoms with van der Waals surface area (Å²) in [5, 5.41) is 0. The topological polar surface area (TPSA) is 17.1 Å². The van der Waals surface area contributed by atoms with Crippen LogP contribution in [-0.2, 0) is 4.79 Å². The second-order valence-electron chi connectivity index (χ2n) is 4.06. The van der Waals surface area contributed by atoms with Crippen LogP contribution in [0.3, 0.4) is 0 Å². The number of carbonyl (C=O) groups is 1. The van der Waals surface area contributed by atoms with Crippen LogP contribution in [0.1, 0.15) is 40.0 Å². The molecule has 0 fully saturated rings. The second-order valence-corrected chi connectivity index (χ2v) is 4.06. The molecule has 12 heavy (non-hydrogen) atoms. The largest absolute Gasteiger partial charge is 0.295 e. The van der Waals surface area contributed by atoms with Gasteiger partial charge >= 0.3 is 0 Å². The van der Waals surface area contributed by atoms with E-state index in [-0.39, 0.29) is 5.78 Å². The third kappa shape index (κ3) is 2.20. The van der Waals surface area contributed by atoms with Crippen LogP contribution in [0.4, 0.5) is 0 Å². The Kier molecular flexibility index (Phi) is 3.07. The summed E-state index contributed by atoms with van der Waals surface area (Å²) in [6, 6.07) is 0. The minimum Gasteiger partial charge on any atom is -0.295 e. The molecule has 0 N–H and O–H groups in total. The van der Waals surface area contributed by atoms with E-state index >= 15 is 0 Å². The number of Topliss-reactive ketones (excluding diaryl/α,β-unsaturated/α-hetero) is 1. The third-order valence-electron chi connectivity index (χ3n) is 2.85. The first-order chi connectivity index (χ1) is 5.61. The highest BCUT2D eigenvalue weighted by Gasteiger charge is 2.18. The average molecular weight is 166 g/mol. The van der Waals surface area contributed by atoms with Gasteiger partial charge in [-0.2, -0.15) is 0 Å². The van der Waals surface area contributed by atoms with E-state index < -0.39 is 0 Å². The summed E-state index contributed by atoms with van der Waals surface area (Å²) in [4.78, 5) is 11.0. The summed E-state index contributed by atoms with van der Waals surface area (Å²) in [6.07, 6.45) is 5.43. The fraction of sp³-hybridized carbons (Fsp3) is 0.727. The monoisotopic (exact) mass is 166 g/mol. The molecule has 0 heterocycles. The molecule has 0 saturated heterocycles. The Labute approximate surface area is 74.9 Å². The first-order valence-corrected chi connectivity index (χ1v) is 4.81. The van der Waals surface area contributed by atoms with E-state index in [0.29, 0.717) is 0 Å². The predicted octanol–water partition coefficient (Wildman–Crippen LogP) is 2.96. The number of ketones is 1. The van der Waals surface area contributed by atoms with Crippen molar-refractivity contribution in [1.29, 1.82) is 0 Å². The normalized spacial score (nSPS) is 24.0. The molecular weight excluding hydrogens is 148 g/mol. The van der Waals surface area contributed by atoms with Crippen molar-refractivity contribution in [3.63, 3.8) is 0 Å². The minimum absolute atomic E-state index is 0.261. The lowest BCUT2D eigenvalue weighted by Crippen LogP contribution is -2.14. The molecule has 1 rings (SSSR count). The molecule has 1 nitrogen and oxygen atoms in total. The molecule has 0 aromatic heterocycles. The summed E-state index contributed by atoms with van der Waals surface area (Å²) in [6.45, 7) is 6.19. The molecule has 0 saturated carbocycles. The van der Waals surface area contributed by atoms with Crippen LogP contribution in [0.25, 0.3) is 0 Å². The second kappa shape index (κ2) is 3.88. The van der Waals surface area contributed by atoms with Crippen LogP contribution < -0.4 is 0 Å². The van der Waals surface area contributed by atoms with Crippen molar-refractivity contribution in [2.75, 3.05) is 0 Å². The van der Waals surface area contributed by atoms with Crippen molar-refractivity contribution in [3.05, 3.63) is 11.6 Å². The molecule has 1 aliphatic carbocycles. The van der Waals surface area contributed by atoms with E-state index in [1.807, 2.05) is 0 Å². The van der Waals surface area contributed by atoms with Crippen LogP contribution in [-0.4, -0.2) is 5.78 Å². The van der Waals surface area contributed by atoms with Gasteiger partial charge in [-0.25, -0.2) is 0 Å². The quantitative estimate of drug-likeness (QED) is 0.616. The maximum Gasteiger partial charge on any atom is 0.155 e. The van der Waals surface area contributed by atoms with Crippen LogP contribution in [0, 0.1) is 11.8 Å². The lowest BCUT2D eigenvalue weighted by molar-refractivity contribution is -0.113. The fourth-order valence-electron chi connectivity index (χ4n) is 1.78. The highest BCUT2D eigenvalue weighted by molar-refractivity contribution is 5.93. The summed E-state index contributed by atoms with van der Waals surface area (Å²) in [5.74, 6) is 1.82. The molecule has 68 valence electrons. The number of rotatable bonds is 2. The lowest BCUT2D eigenvalue weighted by atomic mass is 9.82. The van der Waals surface area contributed by atoms with E-state index in [1.165, 1.54) is 6.42 Å². The van der Waals surface area contributed by atoms with Gasteiger partial charge in [0.05, 0.1) is 0 Å². The van der Waals surface area contributed by atoms with E-state index in [2.05, 4.69) is 19.9 Å². The molecule has 0 amide bonds. The lowest BCUT2D eigenvalue weighted by Gasteiger charge is -2.23. The molecule has 0 spiro atoms. The number of carbonyl (C=O) groups excluding carboxylic acids is 1. The first-order valence-electron chi connectivity index (χ1n) is 4.81. The molecule has 0 aromatic rings. The first kappa shape index (κ1) is 9.50. The molecular formula is C11H18O.